The van der Waals surface area contributed by atoms with Gasteiger partial charge in [0, 0.05) is 43.2 Å². The van der Waals surface area contributed by atoms with E-state index in [0.29, 0.717) is 0 Å². The van der Waals surface area contributed by atoms with Crippen molar-refractivity contribution in [2.75, 3.05) is 32.7 Å². The molecule has 2 rings (SSSR count). The molecule has 6 heteroatoms. The molecule has 1 aromatic carbocycles. The van der Waals surface area contributed by atoms with Crippen LogP contribution in [0.5, 0.6) is 5.75 Å². The summed E-state index contributed by atoms with van der Waals surface area (Å²) in [5.41, 5.74) is 0.989. The van der Waals surface area contributed by atoms with Gasteiger partial charge in [0.2, 0.25) is 5.95 Å². The lowest BCUT2D eigenvalue weighted by atomic mass is 10.3. The van der Waals surface area contributed by atoms with E-state index in [1.165, 1.54) is 0 Å². The number of ether oxygens (including phenoxy) is 2. The molecule has 5 nitrogen and oxygen atoms in total. The Balaban J connectivity index is 2.16. The second kappa shape index (κ2) is 7.31. The molecule has 0 fully saturated rings. The first-order valence-electron chi connectivity index (χ1n) is 6.35. The highest BCUT2D eigenvalue weighted by atomic mass is 79.9. The van der Waals surface area contributed by atoms with Crippen LogP contribution in [0.2, 0.25) is 0 Å². The lowest BCUT2D eigenvalue weighted by Gasteiger charge is -2.11. The van der Waals surface area contributed by atoms with Gasteiger partial charge >= 0.3 is 0 Å². The third kappa shape index (κ3) is 3.74. The van der Waals surface area contributed by atoms with Gasteiger partial charge in [-0.15, -0.1) is 0 Å². The van der Waals surface area contributed by atoms with E-state index in [2.05, 4.69) is 26.2 Å². The van der Waals surface area contributed by atoms with Crippen molar-refractivity contribution in [1.29, 1.82) is 0 Å². The first-order valence-corrected chi connectivity index (χ1v) is 7.15. The minimum absolute atomic E-state index is 0.735. The van der Waals surface area contributed by atoms with Crippen LogP contribution in [0, 0.1) is 0 Å². The van der Waals surface area contributed by atoms with E-state index in [1.807, 2.05) is 29.0 Å². The largest absolute Gasteiger partial charge is 0.497 e. The molecule has 1 heterocycles. The number of rotatable bonds is 7. The number of hydrogen-bond acceptors (Lipinski definition) is 4. The molecular formula is C14H18BrN3O2. The molecule has 1 aromatic heterocycles. The number of aromatic nitrogens is 2. The third-order valence-electron chi connectivity index (χ3n) is 2.82. The van der Waals surface area contributed by atoms with E-state index in [0.717, 1.165) is 41.4 Å². The molecule has 0 saturated heterocycles. The predicted octanol–water partition coefficient (Wildman–Crippen LogP) is 3.09. The standard InChI is InChI=1S/C14H18BrN3O2/c1-19-7-3-4-16-14-17-5-6-18(14)12-8-11(15)9-13(10-12)20-2/h5-6,8-10H,3-4,7H2,1-2H3,(H,16,17). The maximum atomic E-state index is 5.29. The van der Waals surface area contributed by atoms with Gasteiger partial charge in [0.1, 0.15) is 5.75 Å². The van der Waals surface area contributed by atoms with Gasteiger partial charge in [-0.25, -0.2) is 4.98 Å². The van der Waals surface area contributed by atoms with Crippen molar-refractivity contribution in [2.24, 2.45) is 0 Å². The summed E-state index contributed by atoms with van der Waals surface area (Å²) in [6.45, 7) is 1.55. The Morgan fingerprint density at radius 3 is 2.90 bits per heavy atom. The zero-order valence-corrected chi connectivity index (χ0v) is 13.2. The predicted molar refractivity (Wildman–Crippen MR) is 82.8 cm³/mol. The summed E-state index contributed by atoms with van der Waals surface area (Å²) in [5.74, 6) is 1.61. The zero-order chi connectivity index (χ0) is 14.4. The van der Waals surface area contributed by atoms with Crippen LogP contribution in [0.4, 0.5) is 5.95 Å². The van der Waals surface area contributed by atoms with Crippen molar-refractivity contribution < 1.29 is 9.47 Å². The Bertz CT molecular complexity index is 557. The van der Waals surface area contributed by atoms with E-state index >= 15 is 0 Å². The number of halogens is 1. The molecule has 0 saturated carbocycles. The molecule has 0 radical (unpaired) electrons. The monoisotopic (exact) mass is 339 g/mol. The third-order valence-corrected chi connectivity index (χ3v) is 3.28. The van der Waals surface area contributed by atoms with Crippen LogP contribution in [-0.2, 0) is 4.74 Å². The van der Waals surface area contributed by atoms with Gasteiger partial charge in [-0.3, -0.25) is 4.57 Å². The van der Waals surface area contributed by atoms with Gasteiger partial charge in [-0.2, -0.15) is 0 Å². The van der Waals surface area contributed by atoms with E-state index in [9.17, 15) is 0 Å². The number of hydrogen-bond donors (Lipinski definition) is 1. The van der Waals surface area contributed by atoms with Crippen LogP contribution in [0.1, 0.15) is 6.42 Å². The van der Waals surface area contributed by atoms with Gasteiger partial charge in [0.15, 0.2) is 0 Å². The molecule has 0 aliphatic carbocycles. The Morgan fingerprint density at radius 1 is 1.30 bits per heavy atom. The zero-order valence-electron chi connectivity index (χ0n) is 11.6. The molecule has 1 N–H and O–H groups in total. The van der Waals surface area contributed by atoms with Crippen LogP contribution in [0.15, 0.2) is 35.1 Å². The number of anilines is 1. The average molecular weight is 340 g/mol. The van der Waals surface area contributed by atoms with Crippen molar-refractivity contribution in [3.05, 3.63) is 35.1 Å². The fourth-order valence-corrected chi connectivity index (χ4v) is 2.32. The molecule has 0 spiro atoms. The first kappa shape index (κ1) is 14.9. The van der Waals surface area contributed by atoms with Gasteiger partial charge in [-0.1, -0.05) is 15.9 Å². The summed E-state index contributed by atoms with van der Waals surface area (Å²) < 4.78 is 13.3. The van der Waals surface area contributed by atoms with E-state index in [4.69, 9.17) is 9.47 Å². The number of nitrogens with one attached hydrogen (secondary N) is 1. The van der Waals surface area contributed by atoms with Crippen molar-refractivity contribution in [1.82, 2.24) is 9.55 Å². The second-order valence-corrected chi connectivity index (χ2v) is 5.16. The molecule has 0 unspecified atom stereocenters. The summed E-state index contributed by atoms with van der Waals surface area (Å²) in [4.78, 5) is 4.33. The van der Waals surface area contributed by atoms with Crippen LogP contribution in [0.25, 0.3) is 5.69 Å². The highest BCUT2D eigenvalue weighted by Gasteiger charge is 2.07. The fraction of sp³-hybridized carbons (Fsp3) is 0.357. The molecule has 0 amide bonds. The summed E-state index contributed by atoms with van der Waals surface area (Å²) in [6.07, 6.45) is 4.62. The van der Waals surface area contributed by atoms with E-state index in [-0.39, 0.29) is 0 Å². The van der Waals surface area contributed by atoms with Gasteiger partial charge in [-0.05, 0) is 18.6 Å². The van der Waals surface area contributed by atoms with Gasteiger partial charge < -0.3 is 14.8 Å². The highest BCUT2D eigenvalue weighted by molar-refractivity contribution is 9.10. The molecule has 0 atom stereocenters. The van der Waals surface area contributed by atoms with E-state index in [1.54, 1.807) is 20.4 Å². The Morgan fingerprint density at radius 2 is 2.15 bits per heavy atom. The maximum Gasteiger partial charge on any atom is 0.207 e. The minimum Gasteiger partial charge on any atom is -0.497 e. The van der Waals surface area contributed by atoms with Crippen molar-refractivity contribution in [3.63, 3.8) is 0 Å². The number of methoxy groups -OCH3 is 2. The average Bonchev–Trinajstić information content (AvgIpc) is 2.91. The van der Waals surface area contributed by atoms with Crippen molar-refractivity contribution in [2.45, 2.75) is 6.42 Å². The fourth-order valence-electron chi connectivity index (χ4n) is 1.86. The lowest BCUT2D eigenvalue weighted by molar-refractivity contribution is 0.197. The van der Waals surface area contributed by atoms with Gasteiger partial charge in [0.05, 0.1) is 12.8 Å². The molecule has 0 bridgehead atoms. The molecule has 0 aliphatic rings. The SMILES string of the molecule is COCCCNc1nccn1-c1cc(Br)cc(OC)c1. The Labute approximate surface area is 127 Å². The van der Waals surface area contributed by atoms with E-state index < -0.39 is 0 Å². The summed E-state index contributed by atoms with van der Waals surface area (Å²) >= 11 is 3.49. The minimum atomic E-state index is 0.735. The molecule has 20 heavy (non-hydrogen) atoms. The summed E-state index contributed by atoms with van der Waals surface area (Å²) in [7, 11) is 3.36. The topological polar surface area (TPSA) is 48.3 Å². The van der Waals surface area contributed by atoms with Crippen LogP contribution in [-0.4, -0.2) is 36.9 Å². The van der Waals surface area contributed by atoms with Crippen molar-refractivity contribution in [3.8, 4) is 11.4 Å². The normalized spacial score (nSPS) is 10.6. The molecule has 108 valence electrons. The lowest BCUT2D eigenvalue weighted by Crippen LogP contribution is -2.09. The van der Waals surface area contributed by atoms with Crippen molar-refractivity contribution >= 4 is 21.9 Å². The smallest absolute Gasteiger partial charge is 0.207 e. The molecule has 0 aliphatic heterocycles. The Kier molecular flexibility index (Phi) is 5.43. The van der Waals surface area contributed by atoms with Crippen LogP contribution >= 0.6 is 15.9 Å². The highest BCUT2D eigenvalue weighted by Crippen LogP contribution is 2.25. The number of benzene rings is 1. The molecule has 2 aromatic rings. The number of imidazole rings is 1. The molecular weight excluding hydrogens is 322 g/mol. The quantitative estimate of drug-likeness (QED) is 0.787. The summed E-state index contributed by atoms with van der Waals surface area (Å²) in [6, 6.07) is 5.91. The first-order chi connectivity index (χ1) is 9.74. The summed E-state index contributed by atoms with van der Waals surface area (Å²) in [5, 5.41) is 3.30. The van der Waals surface area contributed by atoms with Crippen LogP contribution in [0.3, 0.4) is 0 Å². The number of nitrogens with zero attached hydrogens (tertiary/aromatic N) is 2. The van der Waals surface area contributed by atoms with Crippen LogP contribution < -0.4 is 10.1 Å². The van der Waals surface area contributed by atoms with Gasteiger partial charge in [0.25, 0.3) is 0 Å². The Hall–Kier alpha value is -1.53. The maximum absolute atomic E-state index is 5.29. The second-order valence-electron chi connectivity index (χ2n) is 4.24.